The van der Waals surface area contributed by atoms with Gasteiger partial charge in [-0.1, -0.05) is 39.2 Å². The summed E-state index contributed by atoms with van der Waals surface area (Å²) >= 11 is 0. The summed E-state index contributed by atoms with van der Waals surface area (Å²) in [4.78, 5) is 26.7. The van der Waals surface area contributed by atoms with Crippen LogP contribution < -0.4 is 19.7 Å². The maximum atomic E-state index is 14.5. The minimum Gasteiger partial charge on any atom is -0.497 e. The molecule has 0 aromatic heterocycles. The predicted octanol–water partition coefficient (Wildman–Crippen LogP) is 5.66. The molecule has 1 aliphatic carbocycles. The molecule has 0 heterocycles. The van der Waals surface area contributed by atoms with E-state index in [1.165, 1.54) is 32.6 Å². The van der Waals surface area contributed by atoms with Crippen LogP contribution in [0.2, 0.25) is 0 Å². The number of amides is 1. The van der Waals surface area contributed by atoms with Crippen LogP contribution in [0.3, 0.4) is 0 Å². The molecule has 1 saturated carbocycles. The molecule has 36 heavy (non-hydrogen) atoms. The Hall–Kier alpha value is -3.29. The average molecular weight is 501 g/mol. The van der Waals surface area contributed by atoms with Gasteiger partial charge in [-0.15, -0.1) is 0 Å². The van der Waals surface area contributed by atoms with Crippen LogP contribution in [0.15, 0.2) is 36.4 Å². The van der Waals surface area contributed by atoms with E-state index in [1.54, 1.807) is 18.2 Å². The maximum absolute atomic E-state index is 14.5. The smallest absolute Gasteiger partial charge is 0.344 e. The van der Waals surface area contributed by atoms with Gasteiger partial charge in [0.1, 0.15) is 17.3 Å². The molecule has 2 aromatic carbocycles. The van der Waals surface area contributed by atoms with Gasteiger partial charge in [0.15, 0.2) is 6.10 Å². The molecule has 3 rings (SSSR count). The minimum atomic E-state index is -1.08. The van der Waals surface area contributed by atoms with Gasteiger partial charge in [0.2, 0.25) is 5.91 Å². The van der Waals surface area contributed by atoms with Crippen LogP contribution in [0.4, 0.5) is 15.8 Å². The Morgan fingerprint density at radius 2 is 1.78 bits per heavy atom. The average Bonchev–Trinajstić information content (AvgIpc) is 2.84. The molecule has 1 unspecified atom stereocenters. The molecular weight excluding hydrogens is 463 g/mol. The number of carbonyl (C=O) groups excluding carboxylic acids is 1. The lowest BCUT2D eigenvalue weighted by molar-refractivity contribution is -0.144. The second kappa shape index (κ2) is 12.6. The topological polar surface area (TPSA) is 88.1 Å². The van der Waals surface area contributed by atoms with Crippen molar-refractivity contribution in [3.05, 3.63) is 47.8 Å². The van der Waals surface area contributed by atoms with Crippen molar-refractivity contribution in [3.63, 3.8) is 0 Å². The van der Waals surface area contributed by atoms with Gasteiger partial charge in [0.05, 0.1) is 24.9 Å². The zero-order valence-electron chi connectivity index (χ0n) is 21.6. The lowest BCUT2D eigenvalue weighted by atomic mass is 9.93. The summed E-state index contributed by atoms with van der Waals surface area (Å²) in [6.45, 7) is 6.58. The van der Waals surface area contributed by atoms with E-state index in [2.05, 4.69) is 24.1 Å². The van der Waals surface area contributed by atoms with Gasteiger partial charge < -0.3 is 24.8 Å². The van der Waals surface area contributed by atoms with Gasteiger partial charge in [-0.25, -0.2) is 9.18 Å². The zero-order chi connectivity index (χ0) is 26.2. The predicted molar refractivity (Wildman–Crippen MR) is 139 cm³/mol. The van der Waals surface area contributed by atoms with Gasteiger partial charge in [0, 0.05) is 24.7 Å². The van der Waals surface area contributed by atoms with Crippen LogP contribution >= 0.6 is 0 Å². The number of nitrogens with one attached hydrogen (secondary N) is 1. The Bertz CT molecular complexity index is 1050. The number of rotatable bonds is 11. The fourth-order valence-electron chi connectivity index (χ4n) is 4.59. The zero-order valence-corrected chi connectivity index (χ0v) is 21.6. The fourth-order valence-corrected chi connectivity index (χ4v) is 4.59. The number of carbonyl (C=O) groups is 2. The molecule has 1 atom stereocenters. The summed E-state index contributed by atoms with van der Waals surface area (Å²) in [6, 6.07) is 10.0. The van der Waals surface area contributed by atoms with E-state index >= 15 is 0 Å². The SMILES string of the molecule is COc1ccc(CC(=O)Nc2cc(OC(C)C(=O)O)ccc2N(CC(C)C)C2CCCCC2)c(F)c1. The lowest BCUT2D eigenvalue weighted by Gasteiger charge is -2.38. The molecule has 1 amide bonds. The van der Waals surface area contributed by atoms with Crippen molar-refractivity contribution in [2.45, 2.75) is 71.4 Å². The Morgan fingerprint density at radius 1 is 1.08 bits per heavy atom. The van der Waals surface area contributed by atoms with Crippen molar-refractivity contribution in [2.24, 2.45) is 5.92 Å². The molecule has 0 aliphatic heterocycles. The monoisotopic (exact) mass is 500 g/mol. The Balaban J connectivity index is 1.92. The molecule has 1 fully saturated rings. The molecule has 7 nitrogen and oxygen atoms in total. The first-order valence-electron chi connectivity index (χ1n) is 12.6. The standard InChI is InChI=1S/C28H37FN2O5/c1-18(2)17-31(21-8-6-5-7-9-21)26-13-12-23(36-19(3)28(33)34)16-25(26)30-27(32)14-20-10-11-22(35-4)15-24(20)29/h10-13,15-16,18-19,21H,5-9,14,17H2,1-4H3,(H,30,32)(H,33,34). The number of carboxylic acids is 1. The van der Waals surface area contributed by atoms with Gasteiger partial charge in [-0.2, -0.15) is 0 Å². The van der Waals surface area contributed by atoms with E-state index < -0.39 is 17.9 Å². The van der Waals surface area contributed by atoms with E-state index in [1.807, 2.05) is 6.07 Å². The van der Waals surface area contributed by atoms with E-state index in [0.29, 0.717) is 29.1 Å². The molecular formula is C28H37FN2O5. The van der Waals surface area contributed by atoms with Crippen LogP contribution in [0, 0.1) is 11.7 Å². The highest BCUT2D eigenvalue weighted by atomic mass is 19.1. The first-order chi connectivity index (χ1) is 17.2. The van der Waals surface area contributed by atoms with Gasteiger partial charge in [-0.05, 0) is 49.4 Å². The van der Waals surface area contributed by atoms with Crippen LogP contribution in [0.1, 0.15) is 58.4 Å². The number of anilines is 2. The lowest BCUT2D eigenvalue weighted by Crippen LogP contribution is -2.40. The third-order valence-electron chi connectivity index (χ3n) is 6.40. The second-order valence-corrected chi connectivity index (χ2v) is 9.80. The normalized spacial score (nSPS) is 14.8. The van der Waals surface area contributed by atoms with Gasteiger partial charge in [0.25, 0.3) is 0 Å². The van der Waals surface area contributed by atoms with Crippen molar-refractivity contribution in [2.75, 3.05) is 23.9 Å². The summed E-state index contributed by atoms with van der Waals surface area (Å²) < 4.78 is 25.1. The molecule has 2 aromatic rings. The molecule has 0 bridgehead atoms. The number of halogens is 1. The molecule has 8 heteroatoms. The Labute approximate surface area is 212 Å². The summed E-state index contributed by atoms with van der Waals surface area (Å²) in [5, 5.41) is 12.2. The van der Waals surface area contributed by atoms with Crippen molar-refractivity contribution in [1.82, 2.24) is 0 Å². The largest absolute Gasteiger partial charge is 0.497 e. The van der Waals surface area contributed by atoms with Gasteiger partial charge in [-0.3, -0.25) is 4.79 Å². The third kappa shape index (κ3) is 7.35. The van der Waals surface area contributed by atoms with Crippen LogP contribution in [-0.4, -0.2) is 42.8 Å². The van der Waals surface area contributed by atoms with Crippen molar-refractivity contribution in [3.8, 4) is 11.5 Å². The molecule has 2 N–H and O–H groups in total. The van der Waals surface area contributed by atoms with Gasteiger partial charge >= 0.3 is 5.97 Å². The number of benzene rings is 2. The number of nitrogens with zero attached hydrogens (tertiary/aromatic N) is 1. The molecule has 0 radical (unpaired) electrons. The highest BCUT2D eigenvalue weighted by molar-refractivity contribution is 5.96. The summed E-state index contributed by atoms with van der Waals surface area (Å²) in [6.07, 6.45) is 4.50. The Morgan fingerprint density at radius 3 is 2.39 bits per heavy atom. The first-order valence-corrected chi connectivity index (χ1v) is 12.6. The van der Waals surface area contributed by atoms with Crippen LogP contribution in [0.5, 0.6) is 11.5 Å². The number of hydrogen-bond donors (Lipinski definition) is 2. The summed E-state index contributed by atoms with van der Waals surface area (Å²) in [7, 11) is 1.46. The fraction of sp³-hybridized carbons (Fsp3) is 0.500. The van der Waals surface area contributed by atoms with E-state index in [9.17, 15) is 19.1 Å². The van der Waals surface area contributed by atoms with E-state index in [0.717, 1.165) is 37.9 Å². The highest BCUT2D eigenvalue weighted by Crippen LogP contribution is 2.36. The van der Waals surface area contributed by atoms with Crippen LogP contribution in [-0.2, 0) is 16.0 Å². The minimum absolute atomic E-state index is 0.153. The van der Waals surface area contributed by atoms with Crippen LogP contribution in [0.25, 0.3) is 0 Å². The third-order valence-corrected chi connectivity index (χ3v) is 6.40. The number of carboxylic acid groups (broad SMARTS) is 1. The Kier molecular flexibility index (Phi) is 9.56. The molecule has 196 valence electrons. The molecule has 0 saturated heterocycles. The van der Waals surface area contributed by atoms with E-state index in [-0.39, 0.29) is 17.9 Å². The summed E-state index contributed by atoms with van der Waals surface area (Å²) in [5.74, 6) is -0.853. The maximum Gasteiger partial charge on any atom is 0.344 e. The number of hydrogen-bond acceptors (Lipinski definition) is 5. The first kappa shape index (κ1) is 27.3. The molecule has 1 aliphatic rings. The quantitative estimate of drug-likeness (QED) is 0.414. The van der Waals surface area contributed by atoms with Crippen molar-refractivity contribution < 1.29 is 28.6 Å². The second-order valence-electron chi connectivity index (χ2n) is 9.80. The van der Waals surface area contributed by atoms with Crippen molar-refractivity contribution in [1.29, 1.82) is 0 Å². The highest BCUT2D eigenvalue weighted by Gasteiger charge is 2.25. The number of methoxy groups -OCH3 is 1. The number of ether oxygens (including phenoxy) is 2. The molecule has 0 spiro atoms. The summed E-state index contributed by atoms with van der Waals surface area (Å²) in [5.41, 5.74) is 1.64. The van der Waals surface area contributed by atoms with E-state index in [4.69, 9.17) is 9.47 Å². The van der Waals surface area contributed by atoms with Crippen molar-refractivity contribution >= 4 is 23.3 Å². The number of aliphatic carboxylic acids is 1.